The Kier molecular flexibility index (Phi) is 4.30. The van der Waals surface area contributed by atoms with Crippen LogP contribution in [0.25, 0.3) is 11.5 Å². The molecule has 4 rings (SSSR count). The summed E-state index contributed by atoms with van der Waals surface area (Å²) in [6, 6.07) is 5.44. The van der Waals surface area contributed by atoms with Crippen molar-refractivity contribution in [1.29, 1.82) is 5.26 Å². The molecule has 1 spiro atoms. The number of nitrogens with one attached hydrogen (secondary N) is 1. The topological polar surface area (TPSA) is 95.0 Å². The third-order valence-electron chi connectivity index (χ3n) is 5.56. The number of hydrogen-bond donors (Lipinski definition) is 1. The number of amides is 1. The number of carbonyl (C=O) groups excluding carboxylic acids is 1. The van der Waals surface area contributed by atoms with Crippen molar-refractivity contribution in [2.24, 2.45) is 5.41 Å². The first-order valence-corrected chi connectivity index (χ1v) is 9.09. The third kappa shape index (κ3) is 3.50. The van der Waals surface area contributed by atoms with Gasteiger partial charge in [0.2, 0.25) is 11.8 Å². The molecule has 2 aliphatic rings. The predicted molar refractivity (Wildman–Crippen MR) is 95.0 cm³/mol. The maximum atomic E-state index is 13.7. The Hall–Kier alpha value is -2.95. The zero-order valence-electron chi connectivity index (χ0n) is 15.0. The second-order valence-corrected chi connectivity index (χ2v) is 7.41. The van der Waals surface area contributed by atoms with Gasteiger partial charge in [-0.1, -0.05) is 5.10 Å². The number of rotatable bonds is 4. The molecular weight excluding hydrogens is 349 g/mol. The van der Waals surface area contributed by atoms with Gasteiger partial charge in [0.15, 0.2) is 0 Å². The van der Waals surface area contributed by atoms with Gasteiger partial charge in [0.1, 0.15) is 17.9 Å². The number of anilines is 1. The Bertz CT molecular complexity index is 905. The number of halogens is 1. The van der Waals surface area contributed by atoms with Crippen molar-refractivity contribution < 1.29 is 13.6 Å². The SMILES string of the molecule is C[C@@H](Nc1nnc(-c2ccc(C#N)c(F)c2)o1)C(=O)N1CCC2(CC1)CC2. The molecule has 2 fully saturated rings. The summed E-state index contributed by atoms with van der Waals surface area (Å²) in [5.74, 6) is -0.520. The van der Waals surface area contributed by atoms with Crippen molar-refractivity contribution >= 4 is 11.9 Å². The molecule has 27 heavy (non-hydrogen) atoms. The van der Waals surface area contributed by atoms with Crippen molar-refractivity contribution in [3.05, 3.63) is 29.6 Å². The fourth-order valence-corrected chi connectivity index (χ4v) is 3.54. The highest BCUT2D eigenvalue weighted by Gasteiger charge is 2.45. The maximum Gasteiger partial charge on any atom is 0.316 e. The Labute approximate surface area is 156 Å². The number of nitrogens with zero attached hydrogens (tertiary/aromatic N) is 4. The van der Waals surface area contributed by atoms with E-state index >= 15 is 0 Å². The molecule has 1 aliphatic heterocycles. The van der Waals surface area contributed by atoms with E-state index in [1.165, 1.54) is 31.0 Å². The van der Waals surface area contributed by atoms with Crippen LogP contribution in [0.4, 0.5) is 10.4 Å². The Morgan fingerprint density at radius 1 is 1.33 bits per heavy atom. The molecule has 2 heterocycles. The minimum atomic E-state index is -0.648. The lowest BCUT2D eigenvalue weighted by Crippen LogP contribution is -2.45. The summed E-state index contributed by atoms with van der Waals surface area (Å²) in [5, 5.41) is 19.5. The zero-order valence-corrected chi connectivity index (χ0v) is 15.0. The number of benzene rings is 1. The first-order chi connectivity index (χ1) is 13.0. The molecule has 8 heteroatoms. The van der Waals surface area contributed by atoms with E-state index in [0.717, 1.165) is 25.9 Å². The van der Waals surface area contributed by atoms with Gasteiger partial charge in [-0.05, 0) is 56.2 Å². The molecule has 1 amide bonds. The van der Waals surface area contributed by atoms with E-state index in [-0.39, 0.29) is 23.4 Å². The van der Waals surface area contributed by atoms with Gasteiger partial charge in [-0.15, -0.1) is 5.10 Å². The van der Waals surface area contributed by atoms with Gasteiger partial charge in [-0.3, -0.25) is 4.79 Å². The van der Waals surface area contributed by atoms with Gasteiger partial charge in [-0.25, -0.2) is 4.39 Å². The first kappa shape index (κ1) is 17.5. The molecule has 140 valence electrons. The van der Waals surface area contributed by atoms with Gasteiger partial charge in [0, 0.05) is 18.7 Å². The fraction of sp³-hybridized carbons (Fsp3) is 0.474. The monoisotopic (exact) mass is 369 g/mol. The van der Waals surface area contributed by atoms with E-state index < -0.39 is 11.9 Å². The summed E-state index contributed by atoms with van der Waals surface area (Å²) in [4.78, 5) is 14.5. The number of carbonyl (C=O) groups is 1. The van der Waals surface area contributed by atoms with E-state index in [4.69, 9.17) is 9.68 Å². The van der Waals surface area contributed by atoms with Gasteiger partial charge < -0.3 is 14.6 Å². The van der Waals surface area contributed by atoms with Crippen LogP contribution in [-0.4, -0.2) is 40.1 Å². The van der Waals surface area contributed by atoms with E-state index in [0.29, 0.717) is 11.0 Å². The van der Waals surface area contributed by atoms with Crippen molar-refractivity contribution in [1.82, 2.24) is 15.1 Å². The van der Waals surface area contributed by atoms with E-state index in [2.05, 4.69) is 15.5 Å². The molecule has 1 aromatic heterocycles. The van der Waals surface area contributed by atoms with Crippen molar-refractivity contribution in [3.63, 3.8) is 0 Å². The van der Waals surface area contributed by atoms with Crippen LogP contribution in [0, 0.1) is 22.6 Å². The molecule has 0 unspecified atom stereocenters. The molecule has 0 radical (unpaired) electrons. The minimum Gasteiger partial charge on any atom is -0.403 e. The number of likely N-dealkylation sites (tertiary alicyclic amines) is 1. The minimum absolute atomic E-state index is 0.00895. The highest BCUT2D eigenvalue weighted by atomic mass is 19.1. The second-order valence-electron chi connectivity index (χ2n) is 7.41. The average Bonchev–Trinajstić information content (AvgIpc) is 3.26. The number of piperidine rings is 1. The van der Waals surface area contributed by atoms with Gasteiger partial charge in [0.25, 0.3) is 0 Å². The average molecular weight is 369 g/mol. The van der Waals surface area contributed by atoms with E-state index in [1.54, 1.807) is 13.0 Å². The lowest BCUT2D eigenvalue weighted by atomic mass is 9.93. The first-order valence-electron chi connectivity index (χ1n) is 9.09. The van der Waals surface area contributed by atoms with Crippen LogP contribution in [0.5, 0.6) is 0 Å². The van der Waals surface area contributed by atoms with Gasteiger partial charge in [0.05, 0.1) is 5.56 Å². The summed E-state index contributed by atoms with van der Waals surface area (Å²) < 4.78 is 19.2. The van der Waals surface area contributed by atoms with Gasteiger partial charge >= 0.3 is 6.01 Å². The third-order valence-corrected chi connectivity index (χ3v) is 5.56. The van der Waals surface area contributed by atoms with E-state index in [1.807, 2.05) is 4.90 Å². The summed E-state index contributed by atoms with van der Waals surface area (Å²) >= 11 is 0. The summed E-state index contributed by atoms with van der Waals surface area (Å²) in [5.41, 5.74) is 0.840. The standard InChI is InChI=1S/C19H20FN5O2/c1-12(17(26)25-8-6-19(4-5-19)7-9-25)22-18-24-23-16(27-18)13-2-3-14(11-21)15(20)10-13/h2-3,10,12H,4-9H2,1H3,(H,22,24)/t12-/m1/s1. The van der Waals surface area contributed by atoms with Crippen LogP contribution >= 0.6 is 0 Å². The zero-order chi connectivity index (χ0) is 19.0. The van der Waals surface area contributed by atoms with Gasteiger partial charge in [-0.2, -0.15) is 5.26 Å². The van der Waals surface area contributed by atoms with Crippen LogP contribution in [0.3, 0.4) is 0 Å². The summed E-state index contributed by atoms with van der Waals surface area (Å²) in [6.45, 7) is 3.35. The quantitative estimate of drug-likeness (QED) is 0.890. The highest BCUT2D eigenvalue weighted by molar-refractivity contribution is 5.83. The van der Waals surface area contributed by atoms with Crippen LogP contribution < -0.4 is 5.32 Å². The highest BCUT2D eigenvalue weighted by Crippen LogP contribution is 2.53. The molecule has 1 aromatic carbocycles. The fourth-order valence-electron chi connectivity index (χ4n) is 3.54. The molecule has 1 saturated heterocycles. The van der Waals surface area contributed by atoms with Crippen LogP contribution in [0.2, 0.25) is 0 Å². The maximum absolute atomic E-state index is 13.7. The molecule has 1 saturated carbocycles. The molecule has 1 N–H and O–H groups in total. The normalized spacial score (nSPS) is 18.8. The molecule has 0 bridgehead atoms. The van der Waals surface area contributed by atoms with Crippen molar-refractivity contribution in [2.75, 3.05) is 18.4 Å². The molecule has 2 aromatic rings. The Morgan fingerprint density at radius 3 is 2.70 bits per heavy atom. The largest absolute Gasteiger partial charge is 0.403 e. The lowest BCUT2D eigenvalue weighted by Gasteiger charge is -2.33. The van der Waals surface area contributed by atoms with Crippen molar-refractivity contribution in [3.8, 4) is 17.5 Å². The molecule has 1 atom stereocenters. The smallest absolute Gasteiger partial charge is 0.316 e. The summed E-state index contributed by atoms with van der Waals surface area (Å²) in [7, 11) is 0. The molecular formula is C19H20FN5O2. The molecule has 1 aliphatic carbocycles. The number of nitriles is 1. The van der Waals surface area contributed by atoms with Crippen molar-refractivity contribution in [2.45, 2.75) is 38.6 Å². The number of aromatic nitrogens is 2. The number of hydrogen-bond acceptors (Lipinski definition) is 6. The Balaban J connectivity index is 1.39. The molecule has 7 nitrogen and oxygen atoms in total. The lowest BCUT2D eigenvalue weighted by molar-refractivity contribution is -0.133. The van der Waals surface area contributed by atoms with Crippen LogP contribution in [0.15, 0.2) is 22.6 Å². The predicted octanol–water partition coefficient (Wildman–Crippen LogP) is 2.95. The van der Waals surface area contributed by atoms with Crippen LogP contribution in [-0.2, 0) is 4.79 Å². The van der Waals surface area contributed by atoms with E-state index in [9.17, 15) is 9.18 Å². The Morgan fingerprint density at radius 2 is 2.07 bits per heavy atom. The summed E-state index contributed by atoms with van der Waals surface area (Å²) in [6.07, 6.45) is 4.76. The second kappa shape index (κ2) is 6.65. The van der Waals surface area contributed by atoms with Crippen LogP contribution in [0.1, 0.15) is 38.2 Å².